The predicted octanol–water partition coefficient (Wildman–Crippen LogP) is 4.10. The number of ether oxygens (including phenoxy) is 1. The minimum absolute atomic E-state index is 0.211. The lowest BCUT2D eigenvalue weighted by Gasteiger charge is -2.24. The summed E-state index contributed by atoms with van der Waals surface area (Å²) in [5.74, 6) is -0.156. The number of hydrogen-bond donors (Lipinski definition) is 1. The molecule has 6 nitrogen and oxygen atoms in total. The van der Waals surface area contributed by atoms with Crippen molar-refractivity contribution >= 4 is 38.9 Å². The summed E-state index contributed by atoms with van der Waals surface area (Å²) in [5, 5.41) is 3.07. The number of rotatable bonds is 9. The zero-order valence-corrected chi connectivity index (χ0v) is 17.8. The highest BCUT2D eigenvalue weighted by molar-refractivity contribution is 7.92. The topological polar surface area (TPSA) is 75.7 Å². The van der Waals surface area contributed by atoms with Crippen LogP contribution in [0.25, 0.3) is 0 Å². The lowest BCUT2D eigenvalue weighted by Crippen LogP contribution is -2.37. The number of unbranched alkanes of at least 4 members (excludes halogenated alkanes) is 1. The third kappa shape index (κ3) is 6.14. The zero-order valence-electron chi connectivity index (χ0n) is 16.2. The summed E-state index contributed by atoms with van der Waals surface area (Å²) in [7, 11) is -2.31. The van der Waals surface area contributed by atoms with Gasteiger partial charge in [-0.25, -0.2) is 8.42 Å². The van der Waals surface area contributed by atoms with Crippen LogP contribution in [0, 0.1) is 0 Å². The van der Waals surface area contributed by atoms with Gasteiger partial charge in [-0.2, -0.15) is 0 Å². The van der Waals surface area contributed by atoms with Crippen LogP contribution in [-0.4, -0.2) is 34.2 Å². The van der Waals surface area contributed by atoms with E-state index in [1.54, 1.807) is 12.1 Å². The number of sulfonamides is 1. The average molecular weight is 425 g/mol. The van der Waals surface area contributed by atoms with Gasteiger partial charge in [-0.15, -0.1) is 0 Å². The summed E-state index contributed by atoms with van der Waals surface area (Å²) in [6.45, 7) is 1.74. The minimum Gasteiger partial charge on any atom is -0.495 e. The van der Waals surface area contributed by atoms with Gasteiger partial charge < -0.3 is 10.1 Å². The Morgan fingerprint density at radius 1 is 1.18 bits per heavy atom. The Morgan fingerprint density at radius 2 is 1.86 bits per heavy atom. The van der Waals surface area contributed by atoms with Crippen LogP contribution in [0.1, 0.15) is 25.3 Å². The molecular weight excluding hydrogens is 400 g/mol. The Kier molecular flexibility index (Phi) is 7.71. The molecule has 1 N–H and O–H groups in total. The Bertz CT molecular complexity index is 914. The molecule has 8 heteroatoms. The lowest BCUT2D eigenvalue weighted by molar-refractivity contribution is -0.114. The van der Waals surface area contributed by atoms with Crippen molar-refractivity contribution in [2.75, 3.05) is 29.5 Å². The molecule has 152 valence electrons. The Morgan fingerprint density at radius 3 is 2.43 bits per heavy atom. The van der Waals surface area contributed by atoms with Gasteiger partial charge >= 0.3 is 0 Å². The minimum atomic E-state index is -3.74. The molecule has 0 radical (unpaired) electrons. The molecule has 0 bridgehead atoms. The molecule has 0 aliphatic heterocycles. The summed E-state index contributed by atoms with van der Waals surface area (Å²) < 4.78 is 30.8. The van der Waals surface area contributed by atoms with Crippen LogP contribution in [0.15, 0.2) is 42.5 Å². The molecule has 0 spiro atoms. The maximum absolute atomic E-state index is 12.5. The molecule has 2 aromatic rings. The molecule has 0 saturated carbocycles. The number of amides is 1. The van der Waals surface area contributed by atoms with E-state index in [4.69, 9.17) is 16.3 Å². The van der Waals surface area contributed by atoms with Gasteiger partial charge in [0.05, 0.1) is 19.1 Å². The number of carbonyl (C=O) groups excluding carboxylic acids is 1. The second kappa shape index (κ2) is 9.80. The summed E-state index contributed by atoms with van der Waals surface area (Å²) in [5.41, 5.74) is 2.01. The largest absolute Gasteiger partial charge is 0.495 e. The number of halogens is 1. The van der Waals surface area contributed by atoms with Gasteiger partial charge in [0.1, 0.15) is 12.3 Å². The first kappa shape index (κ1) is 22.0. The van der Waals surface area contributed by atoms with Gasteiger partial charge in [0, 0.05) is 10.7 Å². The number of aryl methyl sites for hydroxylation is 1. The SMILES string of the molecule is CCCCc1ccc(NC(=O)CN(c2cc(Cl)ccc2OC)S(C)(=O)=O)cc1. The number of methoxy groups -OCH3 is 1. The Hall–Kier alpha value is -2.25. The normalized spacial score (nSPS) is 11.1. The van der Waals surface area contributed by atoms with Crippen molar-refractivity contribution < 1.29 is 17.9 Å². The standard InChI is InChI=1S/C20H25ClN2O4S/c1-4-5-6-15-7-10-17(11-8-15)22-20(24)14-23(28(3,25)26)18-13-16(21)9-12-19(18)27-2/h7-13H,4-6,14H2,1-3H3,(H,22,24). The third-order valence-corrected chi connectivity index (χ3v) is 5.52. The highest BCUT2D eigenvalue weighted by atomic mass is 35.5. The number of carbonyl (C=O) groups is 1. The number of nitrogens with one attached hydrogen (secondary N) is 1. The van der Waals surface area contributed by atoms with Crippen LogP contribution in [0.4, 0.5) is 11.4 Å². The lowest BCUT2D eigenvalue weighted by atomic mass is 10.1. The summed E-state index contributed by atoms with van der Waals surface area (Å²) in [6, 6.07) is 12.1. The Balaban J connectivity index is 2.17. The van der Waals surface area contributed by atoms with Crippen LogP contribution in [0.5, 0.6) is 5.75 Å². The van der Waals surface area contributed by atoms with Crippen molar-refractivity contribution in [1.29, 1.82) is 0 Å². The number of anilines is 2. The van der Waals surface area contributed by atoms with E-state index in [0.29, 0.717) is 16.5 Å². The highest BCUT2D eigenvalue weighted by Gasteiger charge is 2.24. The maximum Gasteiger partial charge on any atom is 0.245 e. The van der Waals surface area contributed by atoms with Crippen molar-refractivity contribution in [2.45, 2.75) is 26.2 Å². The maximum atomic E-state index is 12.5. The first-order chi connectivity index (χ1) is 13.2. The molecule has 0 atom stereocenters. The van der Waals surface area contributed by atoms with E-state index in [-0.39, 0.29) is 5.69 Å². The van der Waals surface area contributed by atoms with Crippen molar-refractivity contribution in [3.8, 4) is 5.75 Å². The molecule has 0 aliphatic carbocycles. The predicted molar refractivity (Wildman–Crippen MR) is 114 cm³/mol. The molecule has 0 aliphatic rings. The van der Waals surface area contributed by atoms with E-state index >= 15 is 0 Å². The fourth-order valence-corrected chi connectivity index (χ4v) is 3.72. The van der Waals surface area contributed by atoms with Crippen molar-refractivity contribution in [3.05, 3.63) is 53.1 Å². The van der Waals surface area contributed by atoms with E-state index in [1.165, 1.54) is 18.7 Å². The molecular formula is C20H25ClN2O4S. The number of benzene rings is 2. The molecule has 0 unspecified atom stereocenters. The van der Waals surface area contributed by atoms with Gasteiger partial charge in [-0.1, -0.05) is 37.1 Å². The van der Waals surface area contributed by atoms with Crippen LogP contribution in [0.3, 0.4) is 0 Å². The van der Waals surface area contributed by atoms with Crippen LogP contribution >= 0.6 is 11.6 Å². The van der Waals surface area contributed by atoms with E-state index in [0.717, 1.165) is 29.8 Å². The average Bonchev–Trinajstić information content (AvgIpc) is 2.64. The summed E-state index contributed by atoms with van der Waals surface area (Å²) in [4.78, 5) is 12.5. The quantitative estimate of drug-likeness (QED) is 0.657. The molecule has 2 rings (SSSR count). The second-order valence-electron chi connectivity index (χ2n) is 6.43. The van der Waals surface area contributed by atoms with Gasteiger partial charge in [0.25, 0.3) is 0 Å². The number of nitrogens with zero attached hydrogens (tertiary/aromatic N) is 1. The van der Waals surface area contributed by atoms with Gasteiger partial charge in [-0.3, -0.25) is 9.10 Å². The van der Waals surface area contributed by atoms with E-state index in [2.05, 4.69) is 12.2 Å². The fourth-order valence-electron chi connectivity index (χ4n) is 2.71. The van der Waals surface area contributed by atoms with Crippen LogP contribution in [0.2, 0.25) is 5.02 Å². The molecule has 0 saturated heterocycles. The molecule has 2 aromatic carbocycles. The molecule has 28 heavy (non-hydrogen) atoms. The van der Waals surface area contributed by atoms with Gasteiger partial charge in [0.2, 0.25) is 15.9 Å². The first-order valence-electron chi connectivity index (χ1n) is 8.94. The van der Waals surface area contributed by atoms with E-state index < -0.39 is 22.5 Å². The molecule has 0 heterocycles. The molecule has 0 fully saturated rings. The second-order valence-corrected chi connectivity index (χ2v) is 8.78. The monoisotopic (exact) mass is 424 g/mol. The fraction of sp³-hybridized carbons (Fsp3) is 0.350. The zero-order chi connectivity index (χ0) is 20.7. The van der Waals surface area contributed by atoms with E-state index in [9.17, 15) is 13.2 Å². The van der Waals surface area contributed by atoms with Crippen molar-refractivity contribution in [3.63, 3.8) is 0 Å². The van der Waals surface area contributed by atoms with Crippen molar-refractivity contribution in [1.82, 2.24) is 0 Å². The van der Waals surface area contributed by atoms with Crippen molar-refractivity contribution in [2.24, 2.45) is 0 Å². The van der Waals surface area contributed by atoms with Gasteiger partial charge in [-0.05, 0) is 48.7 Å². The summed E-state index contributed by atoms with van der Waals surface area (Å²) in [6.07, 6.45) is 4.24. The Labute approximate surface area is 171 Å². The smallest absolute Gasteiger partial charge is 0.245 e. The van der Waals surface area contributed by atoms with E-state index in [1.807, 2.05) is 24.3 Å². The van der Waals surface area contributed by atoms with Gasteiger partial charge in [0.15, 0.2) is 0 Å². The first-order valence-corrected chi connectivity index (χ1v) is 11.2. The highest BCUT2D eigenvalue weighted by Crippen LogP contribution is 2.32. The van der Waals surface area contributed by atoms with Crippen LogP contribution < -0.4 is 14.4 Å². The number of hydrogen-bond acceptors (Lipinski definition) is 4. The third-order valence-electron chi connectivity index (χ3n) is 4.15. The van der Waals surface area contributed by atoms with Crippen LogP contribution in [-0.2, 0) is 21.2 Å². The summed E-state index contributed by atoms with van der Waals surface area (Å²) >= 11 is 6.01. The molecule has 1 amide bonds. The molecule has 0 aromatic heterocycles.